The van der Waals surface area contributed by atoms with Crippen molar-refractivity contribution in [3.8, 4) is 5.69 Å². The van der Waals surface area contributed by atoms with Gasteiger partial charge >= 0.3 is 6.18 Å². The van der Waals surface area contributed by atoms with Crippen LogP contribution in [0.1, 0.15) is 29.7 Å². The summed E-state index contributed by atoms with van der Waals surface area (Å²) < 4.78 is 46.5. The Labute approximate surface area is 132 Å². The number of ether oxygens (including phenoxy) is 1. The van der Waals surface area contributed by atoms with Crippen LogP contribution in [0.3, 0.4) is 0 Å². The van der Waals surface area contributed by atoms with Gasteiger partial charge in [-0.3, -0.25) is 0 Å². The zero-order valence-corrected chi connectivity index (χ0v) is 12.8. The van der Waals surface area contributed by atoms with Crippen LogP contribution in [-0.2, 0) is 23.9 Å². The summed E-state index contributed by atoms with van der Waals surface area (Å²) in [6, 6.07) is 5.50. The smallest absolute Gasteiger partial charge is 0.378 e. The molecule has 0 saturated carbocycles. The Balaban J connectivity index is 2.18. The molecule has 1 aromatic heterocycles. The van der Waals surface area contributed by atoms with E-state index in [0.717, 1.165) is 37.4 Å². The quantitative estimate of drug-likeness (QED) is 0.933. The molecule has 0 radical (unpaired) electrons. The first-order valence-electron chi connectivity index (χ1n) is 7.52. The molecule has 1 aromatic carbocycles. The molecule has 2 heterocycles. The van der Waals surface area contributed by atoms with E-state index in [4.69, 9.17) is 4.74 Å². The predicted molar refractivity (Wildman–Crippen MR) is 80.7 cm³/mol. The maximum atomic E-state index is 13.3. The lowest BCUT2D eigenvalue weighted by molar-refractivity contribution is -0.137. The van der Waals surface area contributed by atoms with Gasteiger partial charge < -0.3 is 10.1 Å². The Kier molecular flexibility index (Phi) is 4.30. The highest BCUT2D eigenvalue weighted by molar-refractivity contribution is 5.56. The lowest BCUT2D eigenvalue weighted by atomic mass is 10.1. The van der Waals surface area contributed by atoms with E-state index in [-0.39, 0.29) is 12.3 Å². The van der Waals surface area contributed by atoms with Gasteiger partial charge in [0.2, 0.25) is 0 Å². The predicted octanol–water partition coefficient (Wildman–Crippen LogP) is 3.79. The van der Waals surface area contributed by atoms with Gasteiger partial charge in [-0.1, -0.05) is 12.1 Å². The molecule has 1 aliphatic rings. The largest absolute Gasteiger partial charge is 0.418 e. The van der Waals surface area contributed by atoms with Crippen LogP contribution in [0.25, 0.3) is 5.69 Å². The Bertz CT molecular complexity index is 694. The fourth-order valence-electron chi connectivity index (χ4n) is 2.90. The van der Waals surface area contributed by atoms with E-state index in [2.05, 4.69) is 10.4 Å². The molecule has 0 saturated heterocycles. The number of aromatic nitrogens is 2. The monoisotopic (exact) mass is 325 g/mol. The zero-order chi connectivity index (χ0) is 16.4. The van der Waals surface area contributed by atoms with Crippen molar-refractivity contribution in [2.75, 3.05) is 19.0 Å². The maximum Gasteiger partial charge on any atom is 0.418 e. The van der Waals surface area contributed by atoms with E-state index in [1.807, 2.05) is 0 Å². The number of hydrogen-bond acceptors (Lipinski definition) is 3. The van der Waals surface area contributed by atoms with E-state index >= 15 is 0 Å². The van der Waals surface area contributed by atoms with Gasteiger partial charge in [0.15, 0.2) is 0 Å². The minimum Gasteiger partial charge on any atom is -0.378 e. The topological polar surface area (TPSA) is 39.1 Å². The van der Waals surface area contributed by atoms with Crippen molar-refractivity contribution >= 4 is 5.82 Å². The summed E-state index contributed by atoms with van der Waals surface area (Å²) in [5.74, 6) is 0.645. The van der Waals surface area contributed by atoms with E-state index < -0.39 is 11.7 Å². The molecule has 1 aliphatic heterocycles. The molecule has 1 N–H and O–H groups in total. The van der Waals surface area contributed by atoms with Crippen LogP contribution in [0.15, 0.2) is 24.3 Å². The molecule has 0 unspecified atom stereocenters. The van der Waals surface area contributed by atoms with E-state index in [0.29, 0.717) is 11.5 Å². The third-order valence-electron chi connectivity index (χ3n) is 3.93. The second-order valence-electron chi connectivity index (χ2n) is 5.52. The molecule has 124 valence electrons. The van der Waals surface area contributed by atoms with Crippen molar-refractivity contribution in [1.29, 1.82) is 0 Å². The summed E-state index contributed by atoms with van der Waals surface area (Å²) in [6.07, 6.45) is -1.69. The van der Waals surface area contributed by atoms with Crippen LogP contribution in [0, 0.1) is 0 Å². The molecule has 23 heavy (non-hydrogen) atoms. The van der Waals surface area contributed by atoms with Crippen molar-refractivity contribution in [3.05, 3.63) is 41.1 Å². The molecule has 0 aliphatic carbocycles. The first-order valence-corrected chi connectivity index (χ1v) is 7.52. The Morgan fingerprint density at radius 3 is 2.78 bits per heavy atom. The summed E-state index contributed by atoms with van der Waals surface area (Å²) in [5.41, 5.74) is 0.975. The number of fused-ring (bicyclic) bond motifs is 1. The van der Waals surface area contributed by atoms with Gasteiger partial charge in [-0.2, -0.15) is 18.3 Å². The Morgan fingerprint density at radius 1 is 1.26 bits per heavy atom. The molecule has 4 nitrogen and oxygen atoms in total. The van der Waals surface area contributed by atoms with E-state index in [1.54, 1.807) is 13.2 Å². The first kappa shape index (κ1) is 15.9. The molecule has 0 fully saturated rings. The number of para-hydroxylation sites is 1. The van der Waals surface area contributed by atoms with Crippen LogP contribution in [0.4, 0.5) is 19.0 Å². The lowest BCUT2D eigenvalue weighted by Gasteiger charge is -2.15. The van der Waals surface area contributed by atoms with Gasteiger partial charge in [-0.25, -0.2) is 4.68 Å². The normalized spacial score (nSPS) is 15.0. The SMILES string of the molecule is COCc1nn(-c2ccccc2C(F)(F)F)c2c1CCCCN2. The molecular weight excluding hydrogens is 307 g/mol. The van der Waals surface area contributed by atoms with E-state index in [1.165, 1.54) is 16.8 Å². The van der Waals surface area contributed by atoms with Crippen molar-refractivity contribution in [3.63, 3.8) is 0 Å². The summed E-state index contributed by atoms with van der Waals surface area (Å²) in [7, 11) is 1.55. The fraction of sp³-hybridized carbons (Fsp3) is 0.438. The highest BCUT2D eigenvalue weighted by Crippen LogP contribution is 2.36. The van der Waals surface area contributed by atoms with Crippen LogP contribution in [0.5, 0.6) is 0 Å². The van der Waals surface area contributed by atoms with Crippen LogP contribution in [0.2, 0.25) is 0 Å². The summed E-state index contributed by atoms with van der Waals surface area (Å²) >= 11 is 0. The summed E-state index contributed by atoms with van der Waals surface area (Å²) in [4.78, 5) is 0. The third kappa shape index (κ3) is 3.06. The van der Waals surface area contributed by atoms with Crippen molar-refractivity contribution in [2.24, 2.45) is 0 Å². The number of halogens is 3. The molecule has 0 amide bonds. The summed E-state index contributed by atoms with van der Waals surface area (Å²) in [6.45, 7) is 1.00. The van der Waals surface area contributed by atoms with Crippen LogP contribution < -0.4 is 5.32 Å². The Morgan fingerprint density at radius 2 is 2.04 bits per heavy atom. The molecule has 7 heteroatoms. The fourth-order valence-corrected chi connectivity index (χ4v) is 2.90. The van der Waals surface area contributed by atoms with Crippen molar-refractivity contribution < 1.29 is 17.9 Å². The highest BCUT2D eigenvalue weighted by atomic mass is 19.4. The minimum atomic E-state index is -4.43. The number of rotatable bonds is 3. The van der Waals surface area contributed by atoms with Crippen molar-refractivity contribution in [2.45, 2.75) is 32.0 Å². The number of methoxy groups -OCH3 is 1. The number of hydrogen-bond donors (Lipinski definition) is 1. The standard InChI is InChI=1S/C16H18F3N3O/c1-23-10-13-11-6-4-5-9-20-15(11)22(21-13)14-8-3-2-7-12(14)16(17,18)19/h2-3,7-8,20H,4-6,9-10H2,1H3. The number of anilines is 1. The number of nitrogens with zero attached hydrogens (tertiary/aromatic N) is 2. The molecule has 0 bridgehead atoms. The molecular formula is C16H18F3N3O. The second kappa shape index (κ2) is 6.23. The number of alkyl halides is 3. The lowest BCUT2D eigenvalue weighted by Crippen LogP contribution is -2.14. The second-order valence-corrected chi connectivity index (χ2v) is 5.52. The van der Waals surface area contributed by atoms with Gasteiger partial charge in [0.25, 0.3) is 0 Å². The minimum absolute atomic E-state index is 0.0352. The average molecular weight is 325 g/mol. The van der Waals surface area contributed by atoms with Gasteiger partial charge in [0.05, 0.1) is 23.6 Å². The highest BCUT2D eigenvalue weighted by Gasteiger charge is 2.35. The third-order valence-corrected chi connectivity index (χ3v) is 3.93. The molecule has 0 atom stereocenters. The van der Waals surface area contributed by atoms with Gasteiger partial charge in [0, 0.05) is 19.2 Å². The van der Waals surface area contributed by atoms with Crippen LogP contribution in [-0.4, -0.2) is 23.4 Å². The Hall–Kier alpha value is -2.02. The summed E-state index contributed by atoms with van der Waals surface area (Å²) in [5, 5.41) is 7.62. The van der Waals surface area contributed by atoms with Crippen LogP contribution >= 0.6 is 0 Å². The molecule has 2 aromatic rings. The molecule has 0 spiro atoms. The molecule has 3 rings (SSSR count). The van der Waals surface area contributed by atoms with Gasteiger partial charge in [-0.05, 0) is 31.4 Å². The number of nitrogens with one attached hydrogen (secondary N) is 1. The van der Waals surface area contributed by atoms with Gasteiger partial charge in [0.1, 0.15) is 5.82 Å². The zero-order valence-electron chi connectivity index (χ0n) is 12.8. The number of benzene rings is 1. The van der Waals surface area contributed by atoms with Gasteiger partial charge in [-0.15, -0.1) is 0 Å². The maximum absolute atomic E-state index is 13.3. The first-order chi connectivity index (χ1) is 11.0. The van der Waals surface area contributed by atoms with Crippen molar-refractivity contribution in [1.82, 2.24) is 9.78 Å². The average Bonchev–Trinajstić information content (AvgIpc) is 2.70. The van der Waals surface area contributed by atoms with E-state index in [9.17, 15) is 13.2 Å².